The van der Waals surface area contributed by atoms with Gasteiger partial charge in [0.1, 0.15) is 12.4 Å². The van der Waals surface area contributed by atoms with E-state index in [4.69, 9.17) is 4.74 Å². The van der Waals surface area contributed by atoms with E-state index in [1.54, 1.807) is 0 Å². The Kier molecular flexibility index (Phi) is 7.20. The van der Waals surface area contributed by atoms with Crippen LogP contribution in [0, 0.1) is 6.92 Å². The molecule has 0 heterocycles. The summed E-state index contributed by atoms with van der Waals surface area (Å²) >= 11 is 0. The molecule has 3 aromatic rings. The highest BCUT2D eigenvalue weighted by molar-refractivity contribution is 5.36. The Labute approximate surface area is 166 Å². The van der Waals surface area contributed by atoms with E-state index in [1.165, 1.54) is 0 Å². The molecule has 0 radical (unpaired) electrons. The molecule has 0 fully saturated rings. The average Bonchev–Trinajstić information content (AvgIpc) is 2.74. The highest BCUT2D eigenvalue weighted by Gasteiger charge is 2.15. The molecular formula is C24H27NO3. The first kappa shape index (κ1) is 20.1. The summed E-state index contributed by atoms with van der Waals surface area (Å²) in [7, 11) is 0. The van der Waals surface area contributed by atoms with Crippen molar-refractivity contribution in [3.05, 3.63) is 101 Å². The van der Waals surface area contributed by atoms with Gasteiger partial charge in [-0.05, 0) is 41.3 Å². The van der Waals surface area contributed by atoms with E-state index >= 15 is 0 Å². The van der Waals surface area contributed by atoms with Gasteiger partial charge in [-0.15, -0.1) is 0 Å². The average molecular weight is 377 g/mol. The molecule has 3 aromatic carbocycles. The van der Waals surface area contributed by atoms with Crippen LogP contribution in [0.4, 0.5) is 0 Å². The summed E-state index contributed by atoms with van der Waals surface area (Å²) in [5, 5.41) is 23.5. The predicted molar refractivity (Wildman–Crippen MR) is 111 cm³/mol. The SMILES string of the molecule is Cc1cc(OCc2ccccc2)ccc1[C@@H](O)CN[C@H](CO)c1ccccc1. The lowest BCUT2D eigenvalue weighted by atomic mass is 10.0. The van der Waals surface area contributed by atoms with Crippen molar-refractivity contribution in [3.63, 3.8) is 0 Å². The summed E-state index contributed by atoms with van der Waals surface area (Å²) in [6.45, 7) is 2.81. The van der Waals surface area contributed by atoms with Crippen molar-refractivity contribution in [3.8, 4) is 5.75 Å². The first-order chi connectivity index (χ1) is 13.7. The van der Waals surface area contributed by atoms with Crippen molar-refractivity contribution >= 4 is 0 Å². The number of benzene rings is 3. The van der Waals surface area contributed by atoms with Gasteiger partial charge < -0.3 is 20.3 Å². The number of nitrogens with one attached hydrogen (secondary N) is 1. The standard InChI is InChI=1S/C24H27NO3/c1-18-14-21(28-17-19-8-4-2-5-9-19)12-13-22(18)24(27)15-25-23(16-26)20-10-6-3-7-11-20/h2-14,23-27H,15-17H2,1H3/t23-,24+/m1/s1. The van der Waals surface area contributed by atoms with E-state index in [-0.39, 0.29) is 12.6 Å². The zero-order chi connectivity index (χ0) is 19.8. The molecule has 0 spiro atoms. The molecule has 0 aliphatic heterocycles. The predicted octanol–water partition coefficient (Wildman–Crippen LogP) is 3.93. The molecule has 28 heavy (non-hydrogen) atoms. The van der Waals surface area contributed by atoms with Crippen LogP contribution in [0.1, 0.15) is 34.4 Å². The molecule has 0 bridgehead atoms. The summed E-state index contributed by atoms with van der Waals surface area (Å²) in [5.41, 5.74) is 3.94. The number of aliphatic hydroxyl groups is 2. The molecule has 0 aromatic heterocycles. The molecule has 146 valence electrons. The summed E-state index contributed by atoms with van der Waals surface area (Å²) in [6.07, 6.45) is -0.666. The van der Waals surface area contributed by atoms with Crippen molar-refractivity contribution in [1.29, 1.82) is 0 Å². The minimum Gasteiger partial charge on any atom is -0.489 e. The number of rotatable bonds is 9. The second-order valence-corrected chi connectivity index (χ2v) is 6.86. The molecule has 0 aliphatic rings. The van der Waals surface area contributed by atoms with Crippen molar-refractivity contribution in [2.75, 3.05) is 13.2 Å². The van der Waals surface area contributed by atoms with Crippen LogP contribution in [0.25, 0.3) is 0 Å². The zero-order valence-corrected chi connectivity index (χ0v) is 16.1. The smallest absolute Gasteiger partial charge is 0.120 e. The summed E-state index contributed by atoms with van der Waals surface area (Å²) < 4.78 is 5.85. The Morgan fingerprint density at radius 1 is 0.929 bits per heavy atom. The molecule has 4 nitrogen and oxygen atoms in total. The zero-order valence-electron chi connectivity index (χ0n) is 16.1. The van der Waals surface area contributed by atoms with Gasteiger partial charge >= 0.3 is 0 Å². The van der Waals surface area contributed by atoms with Crippen LogP contribution in [0.2, 0.25) is 0 Å². The van der Waals surface area contributed by atoms with E-state index in [2.05, 4.69) is 5.32 Å². The third-order valence-electron chi connectivity index (χ3n) is 4.79. The van der Waals surface area contributed by atoms with Crippen LogP contribution in [0.5, 0.6) is 5.75 Å². The topological polar surface area (TPSA) is 61.7 Å². The molecule has 0 amide bonds. The van der Waals surface area contributed by atoms with Gasteiger partial charge in [-0.2, -0.15) is 0 Å². The third-order valence-corrected chi connectivity index (χ3v) is 4.79. The maximum Gasteiger partial charge on any atom is 0.120 e. The van der Waals surface area contributed by atoms with Gasteiger partial charge in [0.15, 0.2) is 0 Å². The van der Waals surface area contributed by atoms with Gasteiger partial charge in [0, 0.05) is 6.54 Å². The Balaban J connectivity index is 1.58. The molecule has 4 heteroatoms. The number of hydrogen-bond donors (Lipinski definition) is 3. The molecule has 2 atom stereocenters. The second-order valence-electron chi connectivity index (χ2n) is 6.86. The monoisotopic (exact) mass is 377 g/mol. The van der Waals surface area contributed by atoms with Crippen LogP contribution < -0.4 is 10.1 Å². The molecule has 0 unspecified atom stereocenters. The number of ether oxygens (including phenoxy) is 1. The molecule has 3 N–H and O–H groups in total. The summed E-state index contributed by atoms with van der Waals surface area (Å²) in [5.74, 6) is 0.780. The quantitative estimate of drug-likeness (QED) is 0.529. The van der Waals surface area contributed by atoms with Gasteiger partial charge in [-0.1, -0.05) is 66.7 Å². The van der Waals surface area contributed by atoms with Crippen LogP contribution in [0.3, 0.4) is 0 Å². The van der Waals surface area contributed by atoms with E-state index in [1.807, 2.05) is 85.8 Å². The first-order valence-corrected chi connectivity index (χ1v) is 9.52. The highest BCUT2D eigenvalue weighted by atomic mass is 16.5. The number of aliphatic hydroxyl groups excluding tert-OH is 2. The lowest BCUT2D eigenvalue weighted by Gasteiger charge is -2.21. The van der Waals surface area contributed by atoms with Gasteiger partial charge in [0.05, 0.1) is 18.8 Å². The number of aryl methyl sites for hydroxylation is 1. The minimum absolute atomic E-state index is 0.0258. The third kappa shape index (κ3) is 5.42. The van der Waals surface area contributed by atoms with Crippen LogP contribution in [-0.4, -0.2) is 23.4 Å². The summed E-state index contributed by atoms with van der Waals surface area (Å²) in [4.78, 5) is 0. The van der Waals surface area contributed by atoms with Gasteiger partial charge in [0.2, 0.25) is 0 Å². The van der Waals surface area contributed by atoms with E-state index in [0.29, 0.717) is 13.2 Å². The van der Waals surface area contributed by atoms with Crippen molar-refractivity contribution in [1.82, 2.24) is 5.32 Å². The maximum atomic E-state index is 10.6. The fraction of sp³-hybridized carbons (Fsp3) is 0.250. The Morgan fingerprint density at radius 3 is 2.25 bits per heavy atom. The number of hydrogen-bond acceptors (Lipinski definition) is 4. The van der Waals surface area contributed by atoms with Gasteiger partial charge in [0.25, 0.3) is 0 Å². The lowest BCUT2D eigenvalue weighted by Crippen LogP contribution is -2.29. The fourth-order valence-corrected chi connectivity index (χ4v) is 3.19. The Bertz CT molecular complexity index is 852. The van der Waals surface area contributed by atoms with Crippen molar-refractivity contribution < 1.29 is 14.9 Å². The maximum absolute atomic E-state index is 10.6. The molecule has 3 rings (SSSR count). The molecular weight excluding hydrogens is 350 g/mol. The second kappa shape index (κ2) is 10.0. The van der Waals surface area contributed by atoms with E-state index in [9.17, 15) is 10.2 Å². The van der Waals surface area contributed by atoms with Crippen LogP contribution in [-0.2, 0) is 6.61 Å². The lowest BCUT2D eigenvalue weighted by molar-refractivity contribution is 0.158. The summed E-state index contributed by atoms with van der Waals surface area (Å²) in [6, 6.07) is 25.3. The Hall–Kier alpha value is -2.66. The van der Waals surface area contributed by atoms with E-state index < -0.39 is 6.10 Å². The fourth-order valence-electron chi connectivity index (χ4n) is 3.19. The van der Waals surface area contributed by atoms with Crippen LogP contribution in [0.15, 0.2) is 78.9 Å². The first-order valence-electron chi connectivity index (χ1n) is 9.52. The van der Waals surface area contributed by atoms with Crippen LogP contribution >= 0.6 is 0 Å². The van der Waals surface area contributed by atoms with Gasteiger partial charge in [-0.3, -0.25) is 0 Å². The molecule has 0 saturated heterocycles. The van der Waals surface area contributed by atoms with Crippen molar-refractivity contribution in [2.24, 2.45) is 0 Å². The minimum atomic E-state index is -0.666. The molecule has 0 aliphatic carbocycles. The van der Waals surface area contributed by atoms with Gasteiger partial charge in [-0.25, -0.2) is 0 Å². The normalized spacial score (nSPS) is 13.1. The highest BCUT2D eigenvalue weighted by Crippen LogP contribution is 2.24. The van der Waals surface area contributed by atoms with Crippen molar-refractivity contribution in [2.45, 2.75) is 25.7 Å². The molecule has 0 saturated carbocycles. The Morgan fingerprint density at radius 2 is 1.61 bits per heavy atom. The van der Waals surface area contributed by atoms with E-state index in [0.717, 1.165) is 28.0 Å². The largest absolute Gasteiger partial charge is 0.489 e.